The Morgan fingerprint density at radius 1 is 1.11 bits per heavy atom. The summed E-state index contributed by atoms with van der Waals surface area (Å²) in [7, 11) is 1.81. The Morgan fingerprint density at radius 2 is 1.85 bits per heavy atom. The first-order chi connectivity index (χ1) is 12.8. The van der Waals surface area contributed by atoms with Crippen molar-refractivity contribution in [1.82, 2.24) is 19.6 Å². The Labute approximate surface area is 155 Å². The fourth-order valence-corrected chi connectivity index (χ4v) is 3.83. The van der Waals surface area contributed by atoms with Gasteiger partial charge in [0.1, 0.15) is 0 Å². The molecule has 1 fully saturated rings. The van der Waals surface area contributed by atoms with Gasteiger partial charge in [0.15, 0.2) is 5.69 Å². The first kappa shape index (κ1) is 18.0. The molecule has 0 atom stereocenters. The van der Waals surface area contributed by atoms with Crippen LogP contribution in [0.2, 0.25) is 0 Å². The van der Waals surface area contributed by atoms with Crippen molar-refractivity contribution < 1.29 is 18.0 Å². The highest BCUT2D eigenvalue weighted by molar-refractivity contribution is 5.78. The monoisotopic (exact) mass is 378 g/mol. The second-order valence-corrected chi connectivity index (χ2v) is 7.26. The first-order valence-electron chi connectivity index (χ1n) is 9.06. The number of likely N-dealkylation sites (tertiary alicyclic amines) is 1. The lowest BCUT2D eigenvalue weighted by Crippen LogP contribution is -2.28. The number of carbonyl (C=O) groups is 1. The van der Waals surface area contributed by atoms with Crippen LogP contribution in [0, 0.1) is 0 Å². The number of aromatic nitrogens is 2. The quantitative estimate of drug-likeness (QED) is 0.825. The van der Waals surface area contributed by atoms with Crippen LogP contribution in [0.4, 0.5) is 13.2 Å². The molecule has 8 heteroatoms. The van der Waals surface area contributed by atoms with Crippen LogP contribution in [0.5, 0.6) is 0 Å². The van der Waals surface area contributed by atoms with Gasteiger partial charge in [-0.25, -0.2) is 4.68 Å². The van der Waals surface area contributed by atoms with Crippen LogP contribution >= 0.6 is 0 Å². The third-order valence-electron chi connectivity index (χ3n) is 5.24. The molecule has 0 spiro atoms. The van der Waals surface area contributed by atoms with Gasteiger partial charge < -0.3 is 9.80 Å². The van der Waals surface area contributed by atoms with Gasteiger partial charge in [-0.1, -0.05) is 12.1 Å². The van der Waals surface area contributed by atoms with Crippen molar-refractivity contribution in [2.45, 2.75) is 38.5 Å². The van der Waals surface area contributed by atoms with Crippen LogP contribution in [-0.2, 0) is 30.5 Å². The van der Waals surface area contributed by atoms with Gasteiger partial charge in [-0.3, -0.25) is 4.79 Å². The summed E-state index contributed by atoms with van der Waals surface area (Å²) in [5.74, 6) is 0.152. The Balaban J connectivity index is 1.64. The molecule has 1 saturated heterocycles. The van der Waals surface area contributed by atoms with Crippen LogP contribution < -0.4 is 0 Å². The number of benzene rings is 1. The second kappa shape index (κ2) is 6.67. The largest absolute Gasteiger partial charge is 0.435 e. The van der Waals surface area contributed by atoms with Crippen molar-refractivity contribution in [1.29, 1.82) is 0 Å². The van der Waals surface area contributed by atoms with E-state index in [4.69, 9.17) is 0 Å². The third kappa shape index (κ3) is 3.45. The van der Waals surface area contributed by atoms with E-state index in [1.165, 1.54) is 4.68 Å². The molecule has 3 heterocycles. The Morgan fingerprint density at radius 3 is 2.48 bits per heavy atom. The summed E-state index contributed by atoms with van der Waals surface area (Å²) in [6.07, 6.45) is -2.47. The lowest BCUT2D eigenvalue weighted by atomic mass is 10.1. The highest BCUT2D eigenvalue weighted by atomic mass is 19.4. The predicted molar refractivity (Wildman–Crippen MR) is 93.3 cm³/mol. The van der Waals surface area contributed by atoms with E-state index < -0.39 is 11.9 Å². The number of alkyl halides is 3. The van der Waals surface area contributed by atoms with Gasteiger partial charge in [-0.2, -0.15) is 18.3 Å². The third-order valence-corrected chi connectivity index (χ3v) is 5.24. The molecule has 5 nitrogen and oxygen atoms in total. The highest BCUT2D eigenvalue weighted by Gasteiger charge is 2.40. The minimum Gasteiger partial charge on any atom is -0.338 e. The average molecular weight is 378 g/mol. The maximum absolute atomic E-state index is 13.4. The zero-order chi connectivity index (χ0) is 19.2. The summed E-state index contributed by atoms with van der Waals surface area (Å²) in [4.78, 5) is 15.4. The Kier molecular flexibility index (Phi) is 4.46. The van der Waals surface area contributed by atoms with Crippen molar-refractivity contribution >= 4 is 5.91 Å². The lowest BCUT2D eigenvalue weighted by Gasteiger charge is -2.24. The second-order valence-electron chi connectivity index (χ2n) is 7.26. The van der Waals surface area contributed by atoms with Crippen LogP contribution in [-0.4, -0.2) is 45.6 Å². The van der Waals surface area contributed by atoms with Gasteiger partial charge in [0.05, 0.1) is 11.4 Å². The zero-order valence-corrected chi connectivity index (χ0v) is 15.1. The summed E-state index contributed by atoms with van der Waals surface area (Å²) in [6, 6.07) is 7.28. The summed E-state index contributed by atoms with van der Waals surface area (Å²) >= 11 is 0. The minimum absolute atomic E-state index is 0.152. The lowest BCUT2D eigenvalue weighted by molar-refractivity contribution is -0.142. The number of carbonyl (C=O) groups excluding carboxylic acids is 1. The summed E-state index contributed by atoms with van der Waals surface area (Å²) < 4.78 is 41.7. The SMILES string of the molecule is CN1CCc2c(c(C(F)(F)F)nn2-c2ccc(CN3CCCC3=O)cc2)C1. The number of fused-ring (bicyclic) bond motifs is 1. The van der Waals surface area contributed by atoms with E-state index in [0.717, 1.165) is 18.5 Å². The van der Waals surface area contributed by atoms with Crippen LogP contribution in [0.25, 0.3) is 5.69 Å². The van der Waals surface area contributed by atoms with E-state index in [-0.39, 0.29) is 18.0 Å². The molecule has 1 amide bonds. The Bertz CT molecular complexity index is 857. The maximum atomic E-state index is 13.4. The van der Waals surface area contributed by atoms with E-state index in [1.54, 1.807) is 12.1 Å². The number of halogens is 3. The van der Waals surface area contributed by atoms with Gasteiger partial charge in [-0.15, -0.1) is 0 Å². The zero-order valence-electron chi connectivity index (χ0n) is 15.1. The van der Waals surface area contributed by atoms with Crippen molar-refractivity contribution in [2.24, 2.45) is 0 Å². The van der Waals surface area contributed by atoms with Crippen molar-refractivity contribution in [3.05, 3.63) is 46.8 Å². The smallest absolute Gasteiger partial charge is 0.338 e. The fourth-order valence-electron chi connectivity index (χ4n) is 3.83. The molecule has 0 radical (unpaired) electrons. The van der Waals surface area contributed by atoms with Crippen molar-refractivity contribution in [3.8, 4) is 5.69 Å². The summed E-state index contributed by atoms with van der Waals surface area (Å²) in [5, 5.41) is 3.91. The molecule has 0 unspecified atom stereocenters. The molecule has 1 aromatic heterocycles. The van der Waals surface area contributed by atoms with E-state index >= 15 is 0 Å². The van der Waals surface area contributed by atoms with Gasteiger partial charge in [0, 0.05) is 44.6 Å². The molecule has 27 heavy (non-hydrogen) atoms. The molecular formula is C19H21F3N4O. The number of likely N-dealkylation sites (N-methyl/N-ethyl adjacent to an activating group) is 1. The van der Waals surface area contributed by atoms with Crippen LogP contribution in [0.3, 0.4) is 0 Å². The average Bonchev–Trinajstić information content (AvgIpc) is 3.19. The standard InChI is InChI=1S/C19H21F3N4O/c1-24-10-8-16-15(12-24)18(19(20,21)22)23-26(16)14-6-4-13(5-7-14)11-25-9-2-3-17(25)27/h4-7H,2-3,8-12H2,1H3. The molecule has 0 saturated carbocycles. The van der Waals surface area contributed by atoms with Gasteiger partial charge in [0.25, 0.3) is 0 Å². The van der Waals surface area contributed by atoms with Crippen molar-refractivity contribution in [2.75, 3.05) is 20.1 Å². The Hall–Kier alpha value is -2.35. The molecule has 0 N–H and O–H groups in total. The molecule has 144 valence electrons. The van der Waals surface area contributed by atoms with E-state index in [2.05, 4.69) is 5.10 Å². The van der Waals surface area contributed by atoms with Crippen molar-refractivity contribution in [3.63, 3.8) is 0 Å². The topological polar surface area (TPSA) is 41.4 Å². The molecule has 1 aromatic carbocycles. The number of amides is 1. The highest BCUT2D eigenvalue weighted by Crippen LogP contribution is 2.35. The molecule has 2 aliphatic heterocycles. The molecule has 0 aliphatic carbocycles. The molecule has 4 rings (SSSR count). The predicted octanol–water partition coefficient (Wildman–Crippen LogP) is 3.00. The molecule has 2 aliphatic rings. The van der Waals surface area contributed by atoms with Crippen LogP contribution in [0.15, 0.2) is 24.3 Å². The number of rotatable bonds is 3. The van der Waals surface area contributed by atoms with Gasteiger partial charge in [-0.05, 0) is 31.2 Å². The minimum atomic E-state index is -4.47. The van der Waals surface area contributed by atoms with E-state index in [0.29, 0.717) is 37.3 Å². The van der Waals surface area contributed by atoms with E-state index in [1.807, 2.05) is 29.0 Å². The molecule has 0 bridgehead atoms. The number of nitrogens with zero attached hydrogens (tertiary/aromatic N) is 4. The van der Waals surface area contributed by atoms with E-state index in [9.17, 15) is 18.0 Å². The molecule has 2 aromatic rings. The van der Waals surface area contributed by atoms with Gasteiger partial charge in [0.2, 0.25) is 5.91 Å². The van der Waals surface area contributed by atoms with Gasteiger partial charge >= 0.3 is 6.18 Å². The normalized spacial score (nSPS) is 18.2. The fraction of sp³-hybridized carbons (Fsp3) is 0.474. The summed E-state index contributed by atoms with van der Waals surface area (Å²) in [5.41, 5.74) is 1.68. The number of hydrogen-bond donors (Lipinski definition) is 0. The first-order valence-corrected chi connectivity index (χ1v) is 9.06. The molecular weight excluding hydrogens is 357 g/mol. The number of hydrogen-bond acceptors (Lipinski definition) is 3. The van der Waals surface area contributed by atoms with Crippen LogP contribution in [0.1, 0.15) is 35.4 Å². The summed E-state index contributed by atoms with van der Waals surface area (Å²) in [6.45, 7) is 2.25. The maximum Gasteiger partial charge on any atom is 0.435 e.